The average molecular weight is 443 g/mol. The number of carbonyl (C=O) groups is 2. The summed E-state index contributed by atoms with van der Waals surface area (Å²) in [6.07, 6.45) is 4.83. The van der Waals surface area contributed by atoms with E-state index in [2.05, 4.69) is 15.3 Å². The first-order valence-electron chi connectivity index (χ1n) is 10.2. The number of pyridine rings is 2. The van der Waals surface area contributed by atoms with Crippen molar-refractivity contribution in [1.29, 1.82) is 0 Å². The van der Waals surface area contributed by atoms with Crippen LogP contribution in [-0.4, -0.2) is 26.7 Å². The fourth-order valence-electron chi connectivity index (χ4n) is 3.39. The monoisotopic (exact) mass is 442 g/mol. The van der Waals surface area contributed by atoms with E-state index in [-0.39, 0.29) is 11.8 Å². The molecule has 32 heavy (non-hydrogen) atoms. The SMILES string of the molecule is O=C(NCc1ccccc1)[C@H](c1ccncc1)N(Cc1cccs1)C(=O)c1ccccn1. The second kappa shape index (κ2) is 10.5. The zero-order chi connectivity index (χ0) is 22.2. The van der Waals surface area contributed by atoms with Gasteiger partial charge in [0.1, 0.15) is 11.7 Å². The number of nitrogens with zero attached hydrogens (tertiary/aromatic N) is 3. The molecule has 3 heterocycles. The van der Waals surface area contributed by atoms with Gasteiger partial charge in [0.05, 0.1) is 6.54 Å². The summed E-state index contributed by atoms with van der Waals surface area (Å²) in [6, 6.07) is 21.4. The third-order valence-corrected chi connectivity index (χ3v) is 5.80. The van der Waals surface area contributed by atoms with E-state index in [0.717, 1.165) is 10.4 Å². The Morgan fingerprint density at radius 1 is 0.906 bits per heavy atom. The molecule has 0 fully saturated rings. The van der Waals surface area contributed by atoms with Gasteiger partial charge >= 0.3 is 0 Å². The van der Waals surface area contributed by atoms with Crippen molar-refractivity contribution in [3.05, 3.63) is 118 Å². The summed E-state index contributed by atoms with van der Waals surface area (Å²) in [7, 11) is 0. The number of benzene rings is 1. The van der Waals surface area contributed by atoms with Gasteiger partial charge in [0.25, 0.3) is 5.91 Å². The highest BCUT2D eigenvalue weighted by Crippen LogP contribution is 2.26. The van der Waals surface area contributed by atoms with Gasteiger partial charge in [-0.25, -0.2) is 0 Å². The number of amides is 2. The third-order valence-electron chi connectivity index (χ3n) is 4.94. The molecule has 0 bridgehead atoms. The van der Waals surface area contributed by atoms with E-state index in [1.165, 1.54) is 0 Å². The highest BCUT2D eigenvalue weighted by molar-refractivity contribution is 7.09. The Hall–Kier alpha value is -3.84. The summed E-state index contributed by atoms with van der Waals surface area (Å²) in [5, 5.41) is 4.95. The molecule has 3 aromatic heterocycles. The second-order valence-corrected chi connectivity index (χ2v) is 8.15. The number of carbonyl (C=O) groups excluding carboxylic acids is 2. The fraction of sp³-hybridized carbons (Fsp3) is 0.120. The molecule has 6 nitrogen and oxygen atoms in total. The van der Waals surface area contributed by atoms with Gasteiger partial charge in [-0.1, -0.05) is 42.5 Å². The zero-order valence-electron chi connectivity index (χ0n) is 17.3. The number of hydrogen-bond donors (Lipinski definition) is 1. The predicted molar refractivity (Wildman–Crippen MR) is 124 cm³/mol. The van der Waals surface area contributed by atoms with Gasteiger partial charge in [-0.15, -0.1) is 11.3 Å². The normalized spacial score (nSPS) is 11.5. The molecule has 0 spiro atoms. The zero-order valence-corrected chi connectivity index (χ0v) is 18.1. The minimum absolute atomic E-state index is 0.263. The number of hydrogen-bond acceptors (Lipinski definition) is 5. The van der Waals surface area contributed by atoms with Gasteiger partial charge in [-0.2, -0.15) is 0 Å². The maximum absolute atomic E-state index is 13.5. The van der Waals surface area contributed by atoms with E-state index in [4.69, 9.17) is 0 Å². The van der Waals surface area contributed by atoms with Crippen molar-refractivity contribution < 1.29 is 9.59 Å². The van der Waals surface area contributed by atoms with E-state index in [0.29, 0.717) is 24.3 Å². The molecule has 160 valence electrons. The van der Waals surface area contributed by atoms with E-state index in [9.17, 15) is 9.59 Å². The number of rotatable bonds is 8. The third kappa shape index (κ3) is 5.25. The summed E-state index contributed by atoms with van der Waals surface area (Å²) < 4.78 is 0. The highest BCUT2D eigenvalue weighted by atomic mass is 32.1. The maximum atomic E-state index is 13.5. The molecule has 0 unspecified atom stereocenters. The first-order valence-corrected chi connectivity index (χ1v) is 11.1. The lowest BCUT2D eigenvalue weighted by atomic mass is 10.0. The van der Waals surface area contributed by atoms with E-state index < -0.39 is 6.04 Å². The predicted octanol–water partition coefficient (Wildman–Crippen LogP) is 4.24. The molecule has 0 aliphatic carbocycles. The van der Waals surface area contributed by atoms with Gasteiger partial charge in [0, 0.05) is 30.0 Å². The van der Waals surface area contributed by atoms with Crippen LogP contribution in [0.1, 0.15) is 32.5 Å². The summed E-state index contributed by atoms with van der Waals surface area (Å²) in [5.74, 6) is -0.573. The Balaban J connectivity index is 1.68. The summed E-state index contributed by atoms with van der Waals surface area (Å²) in [4.78, 5) is 37.9. The van der Waals surface area contributed by atoms with Crippen LogP contribution in [0.2, 0.25) is 0 Å². The van der Waals surface area contributed by atoms with Crippen molar-refractivity contribution in [3.63, 3.8) is 0 Å². The smallest absolute Gasteiger partial charge is 0.273 e. The number of nitrogens with one attached hydrogen (secondary N) is 1. The van der Waals surface area contributed by atoms with Crippen molar-refractivity contribution in [2.45, 2.75) is 19.1 Å². The Bertz CT molecular complexity index is 1140. The minimum Gasteiger partial charge on any atom is -0.350 e. The van der Waals surface area contributed by atoms with E-state index >= 15 is 0 Å². The van der Waals surface area contributed by atoms with Crippen LogP contribution in [0.25, 0.3) is 0 Å². The first kappa shape index (κ1) is 21.4. The van der Waals surface area contributed by atoms with Crippen LogP contribution in [0.15, 0.2) is 96.8 Å². The molecule has 4 aromatic rings. The number of aromatic nitrogens is 2. The molecule has 2 amide bonds. The minimum atomic E-state index is -0.835. The Labute approximate surface area is 190 Å². The van der Waals surface area contributed by atoms with Crippen molar-refractivity contribution in [1.82, 2.24) is 20.2 Å². The van der Waals surface area contributed by atoms with Crippen molar-refractivity contribution >= 4 is 23.2 Å². The molecule has 0 saturated carbocycles. The largest absolute Gasteiger partial charge is 0.350 e. The van der Waals surface area contributed by atoms with E-state index in [1.54, 1.807) is 65.2 Å². The van der Waals surface area contributed by atoms with Crippen LogP contribution in [0.3, 0.4) is 0 Å². The molecule has 0 saturated heterocycles. The lowest BCUT2D eigenvalue weighted by molar-refractivity contribution is -0.126. The molecule has 7 heteroatoms. The lowest BCUT2D eigenvalue weighted by Crippen LogP contribution is -2.43. The Morgan fingerprint density at radius 2 is 1.69 bits per heavy atom. The topological polar surface area (TPSA) is 75.2 Å². The van der Waals surface area contributed by atoms with E-state index in [1.807, 2.05) is 47.8 Å². The molecule has 0 aliphatic rings. The van der Waals surface area contributed by atoms with Gasteiger partial charge in [-0.3, -0.25) is 19.6 Å². The Kier molecular flexibility index (Phi) is 6.99. The van der Waals surface area contributed by atoms with Crippen molar-refractivity contribution in [2.24, 2.45) is 0 Å². The second-order valence-electron chi connectivity index (χ2n) is 7.11. The maximum Gasteiger partial charge on any atom is 0.273 e. The standard InChI is InChI=1S/C25H22N4O2S/c30-24(28-17-19-7-2-1-3-8-19)23(20-11-14-26-15-12-20)29(18-21-9-6-16-32-21)25(31)22-10-4-5-13-27-22/h1-16,23H,17-18H2,(H,28,30)/t23-/m0/s1. The van der Waals surface area contributed by atoms with Gasteiger partial charge in [-0.05, 0) is 46.8 Å². The van der Waals surface area contributed by atoms with Crippen LogP contribution < -0.4 is 5.32 Å². The lowest BCUT2D eigenvalue weighted by Gasteiger charge is -2.31. The van der Waals surface area contributed by atoms with Gasteiger partial charge < -0.3 is 10.2 Å². The molecule has 1 aromatic carbocycles. The average Bonchev–Trinajstić information content (AvgIpc) is 3.37. The van der Waals surface area contributed by atoms with Crippen LogP contribution in [0.5, 0.6) is 0 Å². The molecule has 1 atom stereocenters. The molecule has 1 N–H and O–H groups in total. The highest BCUT2D eigenvalue weighted by Gasteiger charge is 2.32. The Morgan fingerprint density at radius 3 is 2.38 bits per heavy atom. The summed E-state index contributed by atoms with van der Waals surface area (Å²) >= 11 is 1.54. The molecular weight excluding hydrogens is 420 g/mol. The molecule has 0 aliphatic heterocycles. The molecular formula is C25H22N4O2S. The summed E-state index contributed by atoms with van der Waals surface area (Å²) in [5.41, 5.74) is 1.96. The molecule has 0 radical (unpaired) electrons. The van der Waals surface area contributed by atoms with Crippen LogP contribution in [0, 0.1) is 0 Å². The quantitative estimate of drug-likeness (QED) is 0.443. The van der Waals surface area contributed by atoms with Gasteiger partial charge in [0.15, 0.2) is 0 Å². The van der Waals surface area contributed by atoms with Crippen molar-refractivity contribution in [3.8, 4) is 0 Å². The first-order chi connectivity index (χ1) is 15.7. The summed E-state index contributed by atoms with van der Waals surface area (Å²) in [6.45, 7) is 0.657. The molecule has 4 rings (SSSR count). The van der Waals surface area contributed by atoms with Crippen LogP contribution in [-0.2, 0) is 17.9 Å². The van der Waals surface area contributed by atoms with Gasteiger partial charge in [0.2, 0.25) is 5.91 Å². The number of thiophene rings is 1. The fourth-order valence-corrected chi connectivity index (χ4v) is 4.09. The van der Waals surface area contributed by atoms with Crippen LogP contribution in [0.4, 0.5) is 0 Å². The van der Waals surface area contributed by atoms with Crippen molar-refractivity contribution in [2.75, 3.05) is 0 Å². The van der Waals surface area contributed by atoms with Crippen LogP contribution >= 0.6 is 11.3 Å².